The van der Waals surface area contributed by atoms with Gasteiger partial charge in [-0.3, -0.25) is 0 Å². The minimum Gasteiger partial charge on any atom is -0.360 e. The summed E-state index contributed by atoms with van der Waals surface area (Å²) in [6, 6.07) is 0. The van der Waals surface area contributed by atoms with Crippen LogP contribution >= 0.6 is 0 Å². The summed E-state index contributed by atoms with van der Waals surface area (Å²) in [5.41, 5.74) is 8.51. The maximum Gasteiger partial charge on any atom is 0.141 e. The Bertz CT molecular complexity index is 40.8. The zero-order chi connectivity index (χ0) is 4.41. The normalized spacial score (nSPS) is 34.5. The first-order valence-electron chi connectivity index (χ1n) is 2.19. The summed E-state index contributed by atoms with van der Waals surface area (Å²) >= 11 is 0. The number of rotatable bonds is 0. The minimum atomic E-state index is -0.454. The van der Waals surface area contributed by atoms with Crippen LogP contribution in [0.15, 0.2) is 0 Å². The average molecular weight is 85.1 g/mol. The highest BCUT2D eigenvalue weighted by molar-refractivity contribution is 4.54. The van der Waals surface area contributed by atoms with Crippen LogP contribution in [0.5, 0.6) is 0 Å². The van der Waals surface area contributed by atoms with Crippen molar-refractivity contribution >= 4 is 0 Å². The highest BCUT2D eigenvalue weighted by Crippen LogP contribution is 2.06. The SMILES string of the molecule is [N]C1CCCO1. The zero-order valence-electron chi connectivity index (χ0n) is 3.55. The Labute approximate surface area is 37.3 Å². The standard InChI is InChI=1S/C4H7NO/c5-4-2-1-3-6-4/h4H,1-3H2. The predicted octanol–water partition coefficient (Wildman–Crippen LogP) is 0.192. The lowest BCUT2D eigenvalue weighted by Gasteiger charge is -1.91. The molecular formula is C4H7NO. The summed E-state index contributed by atoms with van der Waals surface area (Å²) in [5.74, 6) is 0. The first-order chi connectivity index (χ1) is 2.89. The van der Waals surface area contributed by atoms with Gasteiger partial charge >= 0.3 is 0 Å². The van der Waals surface area contributed by atoms with Crippen molar-refractivity contribution in [1.29, 1.82) is 0 Å². The van der Waals surface area contributed by atoms with Crippen LogP contribution in [0, 0.1) is 0 Å². The van der Waals surface area contributed by atoms with Gasteiger partial charge in [0.1, 0.15) is 6.23 Å². The largest absolute Gasteiger partial charge is 0.360 e. The fourth-order valence-corrected chi connectivity index (χ4v) is 0.561. The minimum absolute atomic E-state index is 0.454. The van der Waals surface area contributed by atoms with E-state index in [9.17, 15) is 0 Å². The summed E-state index contributed by atoms with van der Waals surface area (Å²) in [4.78, 5) is 0. The summed E-state index contributed by atoms with van der Waals surface area (Å²) < 4.78 is 4.71. The van der Waals surface area contributed by atoms with Gasteiger partial charge in [0.25, 0.3) is 0 Å². The van der Waals surface area contributed by atoms with E-state index in [-0.39, 0.29) is 0 Å². The van der Waals surface area contributed by atoms with Gasteiger partial charge < -0.3 is 4.74 Å². The molecule has 0 N–H and O–H groups in total. The van der Waals surface area contributed by atoms with E-state index in [4.69, 9.17) is 10.5 Å². The van der Waals surface area contributed by atoms with Gasteiger partial charge in [-0.1, -0.05) is 0 Å². The van der Waals surface area contributed by atoms with Crippen LogP contribution in [0.2, 0.25) is 0 Å². The molecule has 1 saturated heterocycles. The second-order valence-corrected chi connectivity index (χ2v) is 1.47. The molecule has 0 bridgehead atoms. The first kappa shape index (κ1) is 4.09. The lowest BCUT2D eigenvalue weighted by atomic mass is 10.3. The van der Waals surface area contributed by atoms with Crippen molar-refractivity contribution in [3.05, 3.63) is 0 Å². The third kappa shape index (κ3) is 0.698. The fraction of sp³-hybridized carbons (Fsp3) is 1.00. The first-order valence-corrected chi connectivity index (χ1v) is 2.19. The number of nitrogens with zero attached hydrogens (tertiary/aromatic N) is 1. The van der Waals surface area contributed by atoms with Crippen molar-refractivity contribution < 1.29 is 4.74 Å². The molecule has 1 unspecified atom stereocenters. The number of hydrogen-bond acceptors (Lipinski definition) is 1. The second kappa shape index (κ2) is 1.58. The fourth-order valence-electron chi connectivity index (χ4n) is 0.561. The van der Waals surface area contributed by atoms with Gasteiger partial charge in [-0.2, -0.15) is 0 Å². The molecule has 1 atom stereocenters. The van der Waals surface area contributed by atoms with Crippen molar-refractivity contribution in [1.82, 2.24) is 5.73 Å². The van der Waals surface area contributed by atoms with Gasteiger partial charge in [0.05, 0.1) is 0 Å². The molecule has 2 nitrogen and oxygen atoms in total. The van der Waals surface area contributed by atoms with Crippen molar-refractivity contribution in [2.45, 2.75) is 19.1 Å². The molecule has 6 heavy (non-hydrogen) atoms. The smallest absolute Gasteiger partial charge is 0.141 e. The second-order valence-electron chi connectivity index (χ2n) is 1.47. The maximum absolute atomic E-state index is 8.51. The number of ether oxygens (including phenoxy) is 1. The Morgan fingerprint density at radius 3 is 2.67 bits per heavy atom. The van der Waals surface area contributed by atoms with Gasteiger partial charge in [0.15, 0.2) is 0 Å². The molecule has 1 aliphatic rings. The molecule has 0 aromatic carbocycles. The number of hydrogen-bond donors (Lipinski definition) is 0. The Morgan fingerprint density at radius 1 is 1.67 bits per heavy atom. The van der Waals surface area contributed by atoms with Crippen LogP contribution in [0.4, 0.5) is 0 Å². The summed E-state index contributed by atoms with van der Waals surface area (Å²) in [6.45, 7) is 0.737. The van der Waals surface area contributed by atoms with Gasteiger partial charge in [-0.25, -0.2) is 0 Å². The van der Waals surface area contributed by atoms with E-state index in [1.54, 1.807) is 0 Å². The molecule has 2 radical (unpaired) electrons. The van der Waals surface area contributed by atoms with E-state index in [1.165, 1.54) is 0 Å². The zero-order valence-corrected chi connectivity index (χ0v) is 3.55. The highest BCUT2D eigenvalue weighted by atomic mass is 16.5. The van der Waals surface area contributed by atoms with Crippen LogP contribution in [-0.4, -0.2) is 12.8 Å². The Hall–Kier alpha value is -0.0800. The van der Waals surface area contributed by atoms with Crippen molar-refractivity contribution in [3.63, 3.8) is 0 Å². The molecule has 1 heterocycles. The van der Waals surface area contributed by atoms with Crippen LogP contribution in [0.3, 0.4) is 0 Å². The highest BCUT2D eigenvalue weighted by Gasteiger charge is 2.09. The van der Waals surface area contributed by atoms with Gasteiger partial charge in [-0.15, -0.1) is 5.73 Å². The molecule has 0 saturated carbocycles. The van der Waals surface area contributed by atoms with E-state index >= 15 is 0 Å². The Kier molecular flexibility index (Phi) is 1.08. The molecule has 1 rings (SSSR count). The molecule has 1 fully saturated rings. The molecule has 0 amide bonds. The van der Waals surface area contributed by atoms with Crippen LogP contribution in [0.1, 0.15) is 12.8 Å². The van der Waals surface area contributed by atoms with E-state index in [0.717, 1.165) is 19.4 Å². The van der Waals surface area contributed by atoms with Gasteiger partial charge in [0.2, 0.25) is 0 Å². The average Bonchev–Trinajstić information content (AvgIpc) is 1.86. The van der Waals surface area contributed by atoms with E-state index in [2.05, 4.69) is 0 Å². The molecular weight excluding hydrogens is 78.0 g/mol. The van der Waals surface area contributed by atoms with E-state index in [1.807, 2.05) is 0 Å². The van der Waals surface area contributed by atoms with Gasteiger partial charge in [0, 0.05) is 6.61 Å². The summed E-state index contributed by atoms with van der Waals surface area (Å²) in [6.07, 6.45) is 1.38. The molecule has 34 valence electrons. The monoisotopic (exact) mass is 85.1 g/mol. The lowest BCUT2D eigenvalue weighted by molar-refractivity contribution is 0.110. The van der Waals surface area contributed by atoms with E-state index < -0.39 is 6.23 Å². The van der Waals surface area contributed by atoms with E-state index in [0.29, 0.717) is 0 Å². The molecule has 2 heteroatoms. The van der Waals surface area contributed by atoms with Crippen LogP contribution < -0.4 is 5.73 Å². The molecule has 0 aromatic heterocycles. The maximum atomic E-state index is 8.51. The quantitative estimate of drug-likeness (QED) is 0.413. The van der Waals surface area contributed by atoms with Gasteiger partial charge in [-0.05, 0) is 12.8 Å². The topological polar surface area (TPSA) is 31.5 Å². The van der Waals surface area contributed by atoms with Crippen molar-refractivity contribution in [2.75, 3.05) is 6.61 Å². The Balaban J connectivity index is 2.18. The molecule has 0 aromatic rings. The third-order valence-electron chi connectivity index (χ3n) is 0.906. The van der Waals surface area contributed by atoms with Crippen molar-refractivity contribution in [2.24, 2.45) is 0 Å². The molecule has 0 spiro atoms. The lowest BCUT2D eigenvalue weighted by Crippen LogP contribution is -2.03. The van der Waals surface area contributed by atoms with Crippen molar-refractivity contribution in [3.8, 4) is 0 Å². The third-order valence-corrected chi connectivity index (χ3v) is 0.906. The summed E-state index contributed by atoms with van der Waals surface area (Å²) in [5, 5.41) is 0. The molecule has 0 aliphatic carbocycles. The summed E-state index contributed by atoms with van der Waals surface area (Å²) in [7, 11) is 0. The predicted molar refractivity (Wildman–Crippen MR) is 21.1 cm³/mol. The Morgan fingerprint density at radius 2 is 2.50 bits per heavy atom. The van der Waals surface area contributed by atoms with Crippen LogP contribution in [-0.2, 0) is 4.74 Å². The molecule has 1 aliphatic heterocycles. The van der Waals surface area contributed by atoms with Crippen LogP contribution in [0.25, 0.3) is 0 Å².